The van der Waals surface area contributed by atoms with Crippen molar-refractivity contribution in [2.75, 3.05) is 0 Å². The number of aromatic nitrogens is 3. The van der Waals surface area contributed by atoms with E-state index in [9.17, 15) is 9.65 Å². The fourth-order valence-electron chi connectivity index (χ4n) is 5.26. The van der Waals surface area contributed by atoms with Gasteiger partial charge >= 0.3 is 0 Å². The molecular weight excluding hydrogens is 532 g/mol. The molecule has 0 bridgehead atoms. The molecule has 2 heterocycles. The molecule has 0 aliphatic heterocycles. The molecule has 6 radical (unpaired) electrons. The van der Waals surface area contributed by atoms with Crippen LogP contribution in [0.2, 0.25) is 0 Å². The normalized spacial score (nSPS) is 11.2. The second kappa shape index (κ2) is 10.4. The maximum atomic E-state index is 14.8. The van der Waals surface area contributed by atoms with Crippen molar-refractivity contribution in [2.24, 2.45) is 0 Å². The number of furan rings is 1. The summed E-state index contributed by atoms with van der Waals surface area (Å²) in [5, 5.41) is 11.5. The smallest absolute Gasteiger partial charge is 0.167 e. The first-order valence-electron chi connectivity index (χ1n) is 13.3. The topological polar surface area (TPSA) is 75.6 Å². The van der Waals surface area contributed by atoms with Gasteiger partial charge in [-0.3, -0.25) is 0 Å². The van der Waals surface area contributed by atoms with Crippen LogP contribution >= 0.6 is 0 Å². The molecule has 7 aromatic rings. The molecule has 0 saturated carbocycles. The van der Waals surface area contributed by atoms with Crippen LogP contribution in [0.15, 0.2) is 101 Å². The van der Waals surface area contributed by atoms with Gasteiger partial charge in [0.2, 0.25) is 0 Å². The molecule has 0 amide bonds. The van der Waals surface area contributed by atoms with Gasteiger partial charge < -0.3 is 4.42 Å². The number of fused-ring (bicyclic) bond motifs is 3. The zero-order valence-corrected chi connectivity index (χ0v) is 22.5. The molecule has 5 aromatic carbocycles. The van der Waals surface area contributed by atoms with E-state index in [0.717, 1.165) is 21.9 Å². The zero-order valence-electron chi connectivity index (χ0n) is 22.5. The van der Waals surface area contributed by atoms with Gasteiger partial charge in [-0.25, -0.2) is 19.3 Å². The Morgan fingerprint density at radius 1 is 0.628 bits per heavy atom. The lowest BCUT2D eigenvalue weighted by atomic mass is 9.70. The molecule has 9 heteroatoms. The van der Waals surface area contributed by atoms with Gasteiger partial charge in [0.05, 0.1) is 11.1 Å². The Hall–Kier alpha value is -5.48. The maximum absolute atomic E-state index is 14.8. The highest BCUT2D eigenvalue weighted by atomic mass is 19.1. The van der Waals surface area contributed by atoms with Gasteiger partial charge in [0.1, 0.15) is 46.6 Å². The fraction of sp³-hybridized carbons (Fsp3) is 0. The molecule has 0 aliphatic rings. The number of rotatable bonds is 4. The van der Waals surface area contributed by atoms with E-state index in [2.05, 4.69) is 0 Å². The van der Waals surface area contributed by atoms with E-state index in [0.29, 0.717) is 28.1 Å². The van der Waals surface area contributed by atoms with E-state index in [4.69, 9.17) is 42.9 Å². The second-order valence-electron chi connectivity index (χ2n) is 9.95. The zero-order chi connectivity index (χ0) is 29.7. The molecule has 0 unspecified atom stereocenters. The van der Waals surface area contributed by atoms with Gasteiger partial charge in [0.25, 0.3) is 0 Å². The monoisotopic (exact) mass is 548 g/mol. The van der Waals surface area contributed by atoms with E-state index in [1.54, 1.807) is 6.07 Å². The first kappa shape index (κ1) is 26.4. The van der Waals surface area contributed by atoms with Gasteiger partial charge in [0.15, 0.2) is 17.5 Å². The minimum Gasteiger partial charge on any atom is -0.455 e. The predicted molar refractivity (Wildman–Crippen MR) is 170 cm³/mol. The first-order valence-corrected chi connectivity index (χ1v) is 13.3. The summed E-state index contributed by atoms with van der Waals surface area (Å²) in [6.45, 7) is 0. The van der Waals surface area contributed by atoms with Crippen LogP contribution in [0.4, 0.5) is 4.39 Å². The quantitative estimate of drug-likeness (QED) is 0.295. The molecule has 0 saturated heterocycles. The Morgan fingerprint density at radius 3 is 2.09 bits per heavy atom. The second-order valence-corrected chi connectivity index (χ2v) is 9.95. The van der Waals surface area contributed by atoms with E-state index in [1.165, 1.54) is 0 Å². The summed E-state index contributed by atoms with van der Waals surface area (Å²) in [6, 6.07) is 32.9. The van der Waals surface area contributed by atoms with Crippen molar-refractivity contribution >= 4 is 61.9 Å². The van der Waals surface area contributed by atoms with Crippen molar-refractivity contribution in [3.05, 3.63) is 108 Å². The summed E-state index contributed by atoms with van der Waals surface area (Å²) >= 11 is 0. The Balaban J connectivity index is 1.52. The standard InChI is InChI=1S/C34H16B3FN4O/c35-27-24(17-39)30(38)29(37)28(36)26(27)34-41-32(20-11-6-10-19(16-20)18-8-2-1-3-9-18)40-33(42-34)23-14-7-13-22-21-12-4-5-15-25(21)43-31(22)23/h1-16H. The van der Waals surface area contributed by atoms with Crippen molar-refractivity contribution in [1.29, 1.82) is 5.26 Å². The van der Waals surface area contributed by atoms with Crippen LogP contribution in [0.1, 0.15) is 5.56 Å². The number of nitriles is 1. The maximum Gasteiger partial charge on any atom is 0.167 e. The third-order valence-electron chi connectivity index (χ3n) is 7.40. The highest BCUT2D eigenvalue weighted by Gasteiger charge is 2.22. The summed E-state index contributed by atoms with van der Waals surface area (Å²) in [4.78, 5) is 14.3. The lowest BCUT2D eigenvalue weighted by Crippen LogP contribution is -2.38. The number of hydrogen-bond acceptors (Lipinski definition) is 5. The van der Waals surface area contributed by atoms with Gasteiger partial charge in [0, 0.05) is 21.9 Å². The molecule has 0 fully saturated rings. The van der Waals surface area contributed by atoms with Crippen molar-refractivity contribution in [3.63, 3.8) is 0 Å². The van der Waals surface area contributed by atoms with Crippen LogP contribution in [0.25, 0.3) is 67.2 Å². The van der Waals surface area contributed by atoms with Gasteiger partial charge in [-0.05, 0) is 29.3 Å². The Morgan fingerprint density at radius 2 is 1.28 bits per heavy atom. The lowest BCUT2D eigenvalue weighted by Gasteiger charge is -2.17. The Labute approximate surface area is 250 Å². The third-order valence-corrected chi connectivity index (χ3v) is 7.40. The predicted octanol–water partition coefficient (Wildman–Crippen LogP) is 4.83. The lowest BCUT2D eigenvalue weighted by molar-refractivity contribution is 0.634. The van der Waals surface area contributed by atoms with Gasteiger partial charge in [-0.1, -0.05) is 95.3 Å². The van der Waals surface area contributed by atoms with Crippen LogP contribution in [-0.2, 0) is 0 Å². The van der Waals surface area contributed by atoms with Gasteiger partial charge in [-0.2, -0.15) is 5.26 Å². The highest BCUT2D eigenvalue weighted by Crippen LogP contribution is 2.35. The van der Waals surface area contributed by atoms with E-state index in [1.807, 2.05) is 97.1 Å². The van der Waals surface area contributed by atoms with Gasteiger partial charge in [-0.15, -0.1) is 0 Å². The molecule has 0 atom stereocenters. The molecule has 0 spiro atoms. The summed E-state index contributed by atoms with van der Waals surface area (Å²) in [5.41, 5.74) is 3.40. The molecule has 194 valence electrons. The summed E-state index contributed by atoms with van der Waals surface area (Å²) in [5.74, 6) is -0.365. The summed E-state index contributed by atoms with van der Waals surface area (Å²) < 4.78 is 21.1. The van der Waals surface area contributed by atoms with Crippen molar-refractivity contribution in [3.8, 4) is 51.4 Å². The molecule has 2 aromatic heterocycles. The van der Waals surface area contributed by atoms with Crippen LogP contribution in [0.5, 0.6) is 0 Å². The fourth-order valence-corrected chi connectivity index (χ4v) is 5.26. The average molecular weight is 548 g/mol. The van der Waals surface area contributed by atoms with E-state index >= 15 is 0 Å². The van der Waals surface area contributed by atoms with E-state index < -0.39 is 16.8 Å². The van der Waals surface area contributed by atoms with E-state index in [-0.39, 0.29) is 28.1 Å². The molecule has 5 nitrogen and oxygen atoms in total. The molecule has 0 aliphatic carbocycles. The molecule has 7 rings (SSSR count). The number of nitrogens with zero attached hydrogens (tertiary/aromatic N) is 4. The highest BCUT2D eigenvalue weighted by molar-refractivity contribution is 6.54. The number of benzene rings is 5. The Bertz CT molecular complexity index is 2260. The number of para-hydroxylation sites is 2. The average Bonchev–Trinajstić information content (AvgIpc) is 3.43. The van der Waals surface area contributed by atoms with Crippen LogP contribution in [0, 0.1) is 17.1 Å². The summed E-state index contributed by atoms with van der Waals surface area (Å²) in [7, 11) is 18.6. The molecule has 0 N–H and O–H groups in total. The molecule has 43 heavy (non-hydrogen) atoms. The largest absolute Gasteiger partial charge is 0.455 e. The minimum absolute atomic E-state index is 0.0384. The van der Waals surface area contributed by atoms with Crippen LogP contribution < -0.4 is 16.4 Å². The number of hydrogen-bond donors (Lipinski definition) is 0. The first-order chi connectivity index (χ1) is 20.9. The van der Waals surface area contributed by atoms with Crippen LogP contribution in [-0.4, -0.2) is 38.5 Å². The van der Waals surface area contributed by atoms with Crippen molar-refractivity contribution in [2.45, 2.75) is 0 Å². The van der Waals surface area contributed by atoms with Crippen LogP contribution in [0.3, 0.4) is 0 Å². The Kier molecular flexibility index (Phi) is 6.40. The SMILES string of the molecule is [B]c1c([B])c(-c2nc(-c3cccc(-c4ccccc4)c3)nc(-c3cccc4c3oc3ccccc34)n2)c([B])c(C#N)c1F. The molecular formula is C34H16B3FN4O. The summed E-state index contributed by atoms with van der Waals surface area (Å²) in [6.07, 6.45) is 0. The van der Waals surface area contributed by atoms with Crippen molar-refractivity contribution < 1.29 is 8.81 Å². The minimum atomic E-state index is -0.988. The third kappa shape index (κ3) is 4.40. The number of halogens is 1. The van der Waals surface area contributed by atoms with Crippen molar-refractivity contribution in [1.82, 2.24) is 15.0 Å².